The maximum Gasteiger partial charge on any atom is 0.254 e. The highest BCUT2D eigenvalue weighted by atomic mass is 16.2. The van der Waals surface area contributed by atoms with Crippen molar-refractivity contribution in [3.63, 3.8) is 0 Å². The van der Waals surface area contributed by atoms with E-state index in [1.165, 1.54) is 6.33 Å². The minimum Gasteiger partial charge on any atom is -0.338 e. The summed E-state index contributed by atoms with van der Waals surface area (Å²) in [6.45, 7) is 3.67. The number of aromatic nitrogens is 3. The van der Waals surface area contributed by atoms with Crippen LogP contribution < -0.4 is 4.90 Å². The van der Waals surface area contributed by atoms with Gasteiger partial charge in [0, 0.05) is 38.3 Å². The highest BCUT2D eigenvalue weighted by molar-refractivity contribution is 5.95. The molecular formula is C16H22N6O. The number of amides is 1. The van der Waals surface area contributed by atoms with E-state index in [9.17, 15) is 4.79 Å². The zero-order valence-corrected chi connectivity index (χ0v) is 13.6. The number of anilines is 1. The van der Waals surface area contributed by atoms with Crippen LogP contribution in [0.25, 0.3) is 0 Å². The van der Waals surface area contributed by atoms with Gasteiger partial charge in [-0.2, -0.15) is 10.1 Å². The number of hydrogen-bond donors (Lipinski definition) is 1. The van der Waals surface area contributed by atoms with Crippen molar-refractivity contribution in [2.45, 2.75) is 6.54 Å². The minimum atomic E-state index is 0.111. The third-order valence-electron chi connectivity index (χ3n) is 4.00. The standard InChI is InChI=1S/C16H22N6O/c1-20(2)11-13-5-3-4-6-14(13)15(23)21-7-9-22(10-8-21)16-17-12-18-19-16/h3-6,12H,7-11H2,1-2H3,(H,17,18,19). The van der Waals surface area contributed by atoms with Gasteiger partial charge in [0.1, 0.15) is 6.33 Å². The maximum atomic E-state index is 12.8. The third-order valence-corrected chi connectivity index (χ3v) is 4.00. The van der Waals surface area contributed by atoms with Crippen molar-refractivity contribution in [2.24, 2.45) is 0 Å². The maximum absolute atomic E-state index is 12.8. The Kier molecular flexibility index (Phi) is 4.57. The van der Waals surface area contributed by atoms with E-state index in [1.54, 1.807) is 0 Å². The lowest BCUT2D eigenvalue weighted by Crippen LogP contribution is -2.49. The number of carbonyl (C=O) groups excluding carboxylic acids is 1. The minimum absolute atomic E-state index is 0.111. The van der Waals surface area contributed by atoms with Gasteiger partial charge < -0.3 is 14.7 Å². The number of piperazine rings is 1. The van der Waals surface area contributed by atoms with Crippen molar-refractivity contribution in [3.05, 3.63) is 41.7 Å². The summed E-state index contributed by atoms with van der Waals surface area (Å²) < 4.78 is 0. The van der Waals surface area contributed by atoms with E-state index < -0.39 is 0 Å². The lowest BCUT2D eigenvalue weighted by molar-refractivity contribution is 0.0744. The molecule has 0 spiro atoms. The largest absolute Gasteiger partial charge is 0.338 e. The van der Waals surface area contributed by atoms with Crippen LogP contribution >= 0.6 is 0 Å². The molecule has 23 heavy (non-hydrogen) atoms. The molecule has 7 heteroatoms. The summed E-state index contributed by atoms with van der Waals surface area (Å²) in [7, 11) is 4.02. The van der Waals surface area contributed by atoms with Crippen molar-refractivity contribution < 1.29 is 4.79 Å². The molecule has 122 valence electrons. The molecule has 0 saturated carbocycles. The van der Waals surface area contributed by atoms with Gasteiger partial charge in [0.25, 0.3) is 5.91 Å². The van der Waals surface area contributed by atoms with E-state index in [0.717, 1.165) is 36.7 Å². The molecule has 7 nitrogen and oxygen atoms in total. The van der Waals surface area contributed by atoms with Crippen LogP contribution in [0, 0.1) is 0 Å². The number of hydrogen-bond acceptors (Lipinski definition) is 5. The molecule has 1 saturated heterocycles. The Morgan fingerprint density at radius 2 is 1.96 bits per heavy atom. The van der Waals surface area contributed by atoms with Gasteiger partial charge >= 0.3 is 0 Å². The molecule has 1 aliphatic heterocycles. The van der Waals surface area contributed by atoms with Crippen LogP contribution in [-0.4, -0.2) is 71.2 Å². The first kappa shape index (κ1) is 15.5. The molecule has 0 bridgehead atoms. The molecule has 2 heterocycles. The Balaban J connectivity index is 1.68. The predicted octanol–water partition coefficient (Wildman–Crippen LogP) is 0.829. The Morgan fingerprint density at radius 1 is 1.22 bits per heavy atom. The van der Waals surface area contributed by atoms with Gasteiger partial charge in [-0.3, -0.25) is 4.79 Å². The normalized spacial score (nSPS) is 15.3. The van der Waals surface area contributed by atoms with Crippen molar-refractivity contribution in [3.8, 4) is 0 Å². The fourth-order valence-electron chi connectivity index (χ4n) is 2.85. The lowest BCUT2D eigenvalue weighted by Gasteiger charge is -2.34. The van der Waals surface area contributed by atoms with Crippen LogP contribution in [0.1, 0.15) is 15.9 Å². The second kappa shape index (κ2) is 6.78. The third kappa shape index (κ3) is 3.50. The van der Waals surface area contributed by atoms with Gasteiger partial charge in [-0.25, -0.2) is 5.10 Å². The summed E-state index contributed by atoms with van der Waals surface area (Å²) in [5, 5.41) is 6.74. The number of H-pyrrole nitrogens is 1. The van der Waals surface area contributed by atoms with Crippen molar-refractivity contribution in [2.75, 3.05) is 45.2 Å². The molecule has 1 aromatic heterocycles. The molecule has 1 amide bonds. The monoisotopic (exact) mass is 314 g/mol. The number of nitrogens with zero attached hydrogens (tertiary/aromatic N) is 5. The molecule has 0 unspecified atom stereocenters. The number of nitrogens with one attached hydrogen (secondary N) is 1. The van der Waals surface area contributed by atoms with Gasteiger partial charge in [0.2, 0.25) is 5.95 Å². The molecule has 1 aromatic carbocycles. The van der Waals surface area contributed by atoms with E-state index in [0.29, 0.717) is 13.1 Å². The molecule has 3 rings (SSSR count). The first-order valence-electron chi connectivity index (χ1n) is 7.77. The van der Waals surface area contributed by atoms with Crippen LogP contribution in [0.15, 0.2) is 30.6 Å². The highest BCUT2D eigenvalue weighted by Gasteiger charge is 2.24. The van der Waals surface area contributed by atoms with Gasteiger partial charge in [-0.15, -0.1) is 0 Å². The van der Waals surface area contributed by atoms with Crippen LogP contribution in [0.3, 0.4) is 0 Å². The van der Waals surface area contributed by atoms with Crippen LogP contribution in [0.2, 0.25) is 0 Å². The summed E-state index contributed by atoms with van der Waals surface area (Å²) in [6.07, 6.45) is 1.50. The summed E-state index contributed by atoms with van der Waals surface area (Å²) in [4.78, 5) is 23.1. The Bertz CT molecular complexity index is 646. The van der Waals surface area contributed by atoms with Crippen LogP contribution in [-0.2, 0) is 6.54 Å². The molecule has 0 aliphatic carbocycles. The van der Waals surface area contributed by atoms with E-state index in [4.69, 9.17) is 0 Å². The average molecular weight is 314 g/mol. The highest BCUT2D eigenvalue weighted by Crippen LogP contribution is 2.16. The zero-order valence-electron chi connectivity index (χ0n) is 13.6. The van der Waals surface area contributed by atoms with Crippen LogP contribution in [0.5, 0.6) is 0 Å². The molecule has 1 fully saturated rings. The SMILES string of the molecule is CN(C)Cc1ccccc1C(=O)N1CCN(c2ncn[nH]2)CC1. The van der Waals surface area contributed by atoms with E-state index in [-0.39, 0.29) is 5.91 Å². The quantitative estimate of drug-likeness (QED) is 0.905. The molecule has 0 atom stereocenters. The van der Waals surface area contributed by atoms with Crippen molar-refractivity contribution >= 4 is 11.9 Å². The smallest absolute Gasteiger partial charge is 0.254 e. The zero-order chi connectivity index (χ0) is 16.2. The predicted molar refractivity (Wildman–Crippen MR) is 88.3 cm³/mol. The molecule has 1 N–H and O–H groups in total. The fourth-order valence-corrected chi connectivity index (χ4v) is 2.85. The number of rotatable bonds is 4. The molecule has 2 aromatic rings. The first-order chi connectivity index (χ1) is 11.1. The van der Waals surface area contributed by atoms with Gasteiger partial charge in [0.05, 0.1) is 0 Å². The number of benzene rings is 1. The lowest BCUT2D eigenvalue weighted by atomic mass is 10.1. The summed E-state index contributed by atoms with van der Waals surface area (Å²) in [5.74, 6) is 0.879. The van der Waals surface area contributed by atoms with Gasteiger partial charge in [0.15, 0.2) is 0 Å². The Morgan fingerprint density at radius 3 is 2.61 bits per heavy atom. The molecular weight excluding hydrogens is 292 g/mol. The summed E-state index contributed by atoms with van der Waals surface area (Å²) >= 11 is 0. The number of aromatic amines is 1. The topological polar surface area (TPSA) is 68.4 Å². The van der Waals surface area contributed by atoms with E-state index >= 15 is 0 Å². The summed E-state index contributed by atoms with van der Waals surface area (Å²) in [6, 6.07) is 7.86. The second-order valence-electron chi connectivity index (χ2n) is 5.98. The first-order valence-corrected chi connectivity index (χ1v) is 7.77. The van der Waals surface area contributed by atoms with Gasteiger partial charge in [-0.05, 0) is 25.7 Å². The molecule has 0 radical (unpaired) electrons. The van der Waals surface area contributed by atoms with Gasteiger partial charge in [-0.1, -0.05) is 18.2 Å². The fraction of sp³-hybridized carbons (Fsp3) is 0.438. The second-order valence-corrected chi connectivity index (χ2v) is 5.98. The van der Waals surface area contributed by atoms with Crippen molar-refractivity contribution in [1.29, 1.82) is 0 Å². The number of carbonyl (C=O) groups is 1. The molecule has 1 aliphatic rings. The van der Waals surface area contributed by atoms with E-state index in [2.05, 4.69) is 25.0 Å². The van der Waals surface area contributed by atoms with Crippen molar-refractivity contribution in [1.82, 2.24) is 25.0 Å². The average Bonchev–Trinajstić information content (AvgIpc) is 3.09. The summed E-state index contributed by atoms with van der Waals surface area (Å²) in [5.41, 5.74) is 1.87. The van der Waals surface area contributed by atoms with Crippen LogP contribution in [0.4, 0.5) is 5.95 Å². The van der Waals surface area contributed by atoms with E-state index in [1.807, 2.05) is 43.3 Å². The Labute approximate surface area is 135 Å². The Hall–Kier alpha value is -2.41.